The van der Waals surface area contributed by atoms with Gasteiger partial charge in [-0.1, -0.05) is 12.1 Å². The lowest BCUT2D eigenvalue weighted by atomic mass is 10.2. The predicted octanol–water partition coefficient (Wildman–Crippen LogP) is 2.52. The molecule has 1 N–H and O–H groups in total. The number of benzene rings is 1. The lowest BCUT2D eigenvalue weighted by Crippen LogP contribution is -2.33. The Hall–Kier alpha value is -2.93. The molecule has 1 atom stereocenters. The maximum absolute atomic E-state index is 12.3. The van der Waals surface area contributed by atoms with Crippen molar-refractivity contribution in [1.29, 1.82) is 0 Å². The number of carbonyl (C=O) groups excluding carboxylic acids is 1. The molecule has 146 valence electrons. The van der Waals surface area contributed by atoms with Gasteiger partial charge in [0.25, 0.3) is 5.91 Å². The summed E-state index contributed by atoms with van der Waals surface area (Å²) in [6.45, 7) is 5.65. The summed E-state index contributed by atoms with van der Waals surface area (Å²) in [6, 6.07) is 11.6. The number of hydrogen-bond donors (Lipinski definition) is 1. The monoisotopic (exact) mass is 379 g/mol. The Morgan fingerprint density at radius 2 is 2.11 bits per heavy atom. The first-order valence-corrected chi connectivity index (χ1v) is 9.74. The molecule has 1 aromatic carbocycles. The Morgan fingerprint density at radius 1 is 1.25 bits per heavy atom. The molecule has 1 aliphatic rings. The summed E-state index contributed by atoms with van der Waals surface area (Å²) in [6.07, 6.45) is 5.86. The molecule has 1 aliphatic heterocycles. The van der Waals surface area contributed by atoms with E-state index in [1.807, 2.05) is 19.1 Å². The summed E-state index contributed by atoms with van der Waals surface area (Å²) in [5, 5.41) is 7.11. The van der Waals surface area contributed by atoms with Gasteiger partial charge in [-0.3, -0.25) is 9.69 Å². The van der Waals surface area contributed by atoms with Crippen molar-refractivity contribution < 1.29 is 9.53 Å². The van der Waals surface area contributed by atoms with Gasteiger partial charge >= 0.3 is 0 Å². The fourth-order valence-corrected chi connectivity index (χ4v) is 3.46. The van der Waals surface area contributed by atoms with Gasteiger partial charge in [-0.2, -0.15) is 5.10 Å². The van der Waals surface area contributed by atoms with Crippen LogP contribution in [-0.2, 0) is 6.54 Å². The van der Waals surface area contributed by atoms with E-state index in [1.165, 1.54) is 31.5 Å². The summed E-state index contributed by atoms with van der Waals surface area (Å²) >= 11 is 0. The predicted molar refractivity (Wildman–Crippen MR) is 106 cm³/mol. The SMILES string of the molecule is CC(CNC(=O)c1cc2ncccn2n1)Oc1cccc(CN2CCCC2)c1. The van der Waals surface area contributed by atoms with E-state index in [1.54, 1.807) is 29.0 Å². The van der Waals surface area contributed by atoms with E-state index in [9.17, 15) is 4.79 Å². The largest absolute Gasteiger partial charge is 0.489 e. The van der Waals surface area contributed by atoms with Crippen LogP contribution in [0.1, 0.15) is 35.8 Å². The molecular formula is C21H25N5O2. The molecule has 7 heteroatoms. The molecule has 0 bridgehead atoms. The van der Waals surface area contributed by atoms with Gasteiger partial charge in [-0.05, 0) is 56.6 Å². The normalized spacial score (nSPS) is 15.6. The van der Waals surface area contributed by atoms with Crippen molar-refractivity contribution in [2.45, 2.75) is 32.4 Å². The van der Waals surface area contributed by atoms with Gasteiger partial charge in [-0.15, -0.1) is 0 Å². The lowest BCUT2D eigenvalue weighted by molar-refractivity contribution is 0.0927. The first-order valence-electron chi connectivity index (χ1n) is 9.74. The molecule has 0 radical (unpaired) electrons. The minimum Gasteiger partial charge on any atom is -0.489 e. The topological polar surface area (TPSA) is 71.8 Å². The number of rotatable bonds is 7. The van der Waals surface area contributed by atoms with E-state index in [2.05, 4.69) is 32.4 Å². The van der Waals surface area contributed by atoms with Crippen molar-refractivity contribution in [2.24, 2.45) is 0 Å². The van der Waals surface area contributed by atoms with Crippen LogP contribution >= 0.6 is 0 Å². The molecule has 0 aliphatic carbocycles. The molecule has 1 unspecified atom stereocenters. The molecule has 1 fully saturated rings. The minimum absolute atomic E-state index is 0.152. The standard InChI is InChI=1S/C21H25N5O2/c1-16(14-23-21(27)19-13-20-22-8-5-11-26(20)24-19)28-18-7-4-6-17(12-18)15-25-9-2-3-10-25/h4-8,11-13,16H,2-3,9-10,14-15H2,1H3,(H,23,27). The van der Waals surface area contributed by atoms with Crippen LogP contribution in [0.3, 0.4) is 0 Å². The van der Waals surface area contributed by atoms with Gasteiger partial charge in [0.05, 0.1) is 6.54 Å². The van der Waals surface area contributed by atoms with Crippen LogP contribution in [0.15, 0.2) is 48.8 Å². The summed E-state index contributed by atoms with van der Waals surface area (Å²) in [4.78, 5) is 19.0. The van der Waals surface area contributed by atoms with E-state index in [-0.39, 0.29) is 12.0 Å². The highest BCUT2D eigenvalue weighted by Gasteiger charge is 2.14. The third-order valence-corrected chi connectivity index (χ3v) is 4.86. The number of fused-ring (bicyclic) bond motifs is 1. The maximum Gasteiger partial charge on any atom is 0.272 e. The zero-order valence-corrected chi connectivity index (χ0v) is 16.0. The second-order valence-corrected chi connectivity index (χ2v) is 7.22. The minimum atomic E-state index is -0.233. The van der Waals surface area contributed by atoms with Crippen LogP contribution < -0.4 is 10.1 Å². The molecule has 3 aromatic rings. The highest BCUT2D eigenvalue weighted by Crippen LogP contribution is 2.18. The van der Waals surface area contributed by atoms with Crippen LogP contribution in [0.4, 0.5) is 0 Å². The number of nitrogens with one attached hydrogen (secondary N) is 1. The third kappa shape index (κ3) is 4.48. The van der Waals surface area contributed by atoms with Crippen molar-refractivity contribution in [2.75, 3.05) is 19.6 Å². The van der Waals surface area contributed by atoms with Gasteiger partial charge < -0.3 is 10.1 Å². The smallest absolute Gasteiger partial charge is 0.272 e. The van der Waals surface area contributed by atoms with Crippen molar-refractivity contribution in [3.8, 4) is 5.75 Å². The summed E-state index contributed by atoms with van der Waals surface area (Å²) in [7, 11) is 0. The number of hydrogen-bond acceptors (Lipinski definition) is 5. The maximum atomic E-state index is 12.3. The zero-order valence-electron chi connectivity index (χ0n) is 16.0. The second-order valence-electron chi connectivity index (χ2n) is 7.22. The molecule has 3 heterocycles. The summed E-state index contributed by atoms with van der Waals surface area (Å²) < 4.78 is 7.58. The van der Waals surface area contributed by atoms with Crippen LogP contribution in [0.5, 0.6) is 5.75 Å². The highest BCUT2D eigenvalue weighted by atomic mass is 16.5. The Balaban J connectivity index is 1.30. The van der Waals surface area contributed by atoms with Gasteiger partial charge in [0.2, 0.25) is 0 Å². The van der Waals surface area contributed by atoms with Crippen molar-refractivity contribution in [3.63, 3.8) is 0 Å². The molecule has 2 aromatic heterocycles. The first-order chi connectivity index (χ1) is 13.7. The molecule has 1 saturated heterocycles. The number of carbonyl (C=O) groups is 1. The van der Waals surface area contributed by atoms with Crippen LogP contribution in [0.2, 0.25) is 0 Å². The molecule has 1 amide bonds. The highest BCUT2D eigenvalue weighted by molar-refractivity contribution is 5.93. The molecule has 0 saturated carbocycles. The van der Waals surface area contributed by atoms with Gasteiger partial charge in [-0.25, -0.2) is 9.50 Å². The van der Waals surface area contributed by atoms with Crippen LogP contribution in [0, 0.1) is 0 Å². The molecule has 28 heavy (non-hydrogen) atoms. The van der Waals surface area contributed by atoms with Crippen molar-refractivity contribution in [1.82, 2.24) is 24.8 Å². The molecular weight excluding hydrogens is 354 g/mol. The second kappa shape index (κ2) is 8.39. The van der Waals surface area contributed by atoms with E-state index in [0.717, 1.165) is 12.3 Å². The van der Waals surface area contributed by atoms with Gasteiger partial charge in [0.15, 0.2) is 11.3 Å². The quantitative estimate of drug-likeness (QED) is 0.683. The van der Waals surface area contributed by atoms with Crippen LogP contribution in [0.25, 0.3) is 5.65 Å². The van der Waals surface area contributed by atoms with E-state index in [4.69, 9.17) is 4.74 Å². The average molecular weight is 379 g/mol. The van der Waals surface area contributed by atoms with Gasteiger partial charge in [0.1, 0.15) is 11.9 Å². The third-order valence-electron chi connectivity index (χ3n) is 4.86. The summed E-state index contributed by atoms with van der Waals surface area (Å²) in [5.74, 6) is 0.596. The lowest BCUT2D eigenvalue weighted by Gasteiger charge is -2.18. The number of nitrogens with zero attached hydrogens (tertiary/aromatic N) is 4. The molecule has 7 nitrogen and oxygen atoms in total. The fraction of sp³-hybridized carbons (Fsp3) is 0.381. The molecule has 0 spiro atoms. The number of amides is 1. The van der Waals surface area contributed by atoms with E-state index in [0.29, 0.717) is 17.9 Å². The number of aromatic nitrogens is 3. The Bertz CT molecular complexity index is 916. The fourth-order valence-electron chi connectivity index (χ4n) is 3.46. The Morgan fingerprint density at radius 3 is 2.93 bits per heavy atom. The number of ether oxygens (including phenoxy) is 1. The van der Waals surface area contributed by atoms with Crippen LogP contribution in [-0.4, -0.2) is 51.1 Å². The Labute approximate surface area is 164 Å². The van der Waals surface area contributed by atoms with Crippen molar-refractivity contribution in [3.05, 3.63) is 60.0 Å². The molecule has 4 rings (SSSR count). The van der Waals surface area contributed by atoms with E-state index < -0.39 is 0 Å². The first kappa shape index (κ1) is 18.4. The zero-order chi connectivity index (χ0) is 19.3. The Kier molecular flexibility index (Phi) is 5.53. The van der Waals surface area contributed by atoms with E-state index >= 15 is 0 Å². The van der Waals surface area contributed by atoms with Crippen molar-refractivity contribution >= 4 is 11.6 Å². The average Bonchev–Trinajstić information content (AvgIpc) is 3.36. The summed E-state index contributed by atoms with van der Waals surface area (Å²) in [5.41, 5.74) is 2.25. The number of likely N-dealkylation sites (tertiary alicyclic amines) is 1. The van der Waals surface area contributed by atoms with Gasteiger partial charge in [0, 0.05) is 25.0 Å².